The lowest BCUT2D eigenvalue weighted by Gasteiger charge is -2.24. The Morgan fingerprint density at radius 1 is 1.22 bits per heavy atom. The van der Waals surface area contributed by atoms with Gasteiger partial charge in [-0.1, -0.05) is 6.07 Å². The van der Waals surface area contributed by atoms with Crippen molar-refractivity contribution in [1.82, 2.24) is 14.9 Å². The average molecular weight is 339 g/mol. The molecule has 0 radical (unpaired) electrons. The second-order valence-corrected chi connectivity index (χ2v) is 6.17. The fourth-order valence-corrected chi connectivity index (χ4v) is 3.49. The molecule has 2 aromatic rings. The van der Waals surface area contributed by atoms with E-state index in [0.717, 1.165) is 29.6 Å². The first-order chi connectivity index (χ1) is 11.0. The summed E-state index contributed by atoms with van der Waals surface area (Å²) in [7, 11) is 0. The highest BCUT2D eigenvalue weighted by Crippen LogP contribution is 2.41. The third-order valence-corrected chi connectivity index (χ3v) is 4.70. The maximum atomic E-state index is 14.0. The predicted octanol–water partition coefficient (Wildman–Crippen LogP) is 2.98. The van der Waals surface area contributed by atoms with E-state index in [0.29, 0.717) is 5.69 Å². The van der Waals surface area contributed by atoms with Crippen molar-refractivity contribution in [3.05, 3.63) is 58.9 Å². The normalized spacial score (nSPS) is 17.8. The Bertz CT molecular complexity index is 754. The van der Waals surface area contributed by atoms with Crippen LogP contribution in [-0.2, 0) is 11.3 Å². The third-order valence-electron chi connectivity index (χ3n) is 3.47. The number of benzene rings is 1. The second-order valence-electron chi connectivity index (χ2n) is 5.10. The van der Waals surface area contributed by atoms with Crippen LogP contribution in [0.3, 0.4) is 0 Å². The van der Waals surface area contributed by atoms with E-state index in [2.05, 4.69) is 9.97 Å². The van der Waals surface area contributed by atoms with Crippen LogP contribution in [0, 0.1) is 24.4 Å². The molecule has 8 heteroatoms. The molecular formula is C15H12F3N3OS. The number of hydrogen-bond acceptors (Lipinski definition) is 4. The van der Waals surface area contributed by atoms with E-state index in [1.807, 2.05) is 0 Å². The Morgan fingerprint density at radius 3 is 2.70 bits per heavy atom. The highest BCUT2D eigenvalue weighted by molar-refractivity contribution is 8.00. The van der Waals surface area contributed by atoms with E-state index >= 15 is 0 Å². The lowest BCUT2D eigenvalue weighted by Crippen LogP contribution is -2.28. The van der Waals surface area contributed by atoms with Crippen molar-refractivity contribution in [3.63, 3.8) is 0 Å². The molecule has 1 aliphatic rings. The zero-order chi connectivity index (χ0) is 16.6. The Balaban J connectivity index is 1.91. The summed E-state index contributed by atoms with van der Waals surface area (Å²) in [6.45, 7) is 1.91. The molecule has 1 saturated heterocycles. The second kappa shape index (κ2) is 6.19. The number of amides is 1. The first-order valence-electron chi connectivity index (χ1n) is 6.79. The monoisotopic (exact) mass is 339 g/mol. The van der Waals surface area contributed by atoms with E-state index in [1.165, 1.54) is 11.1 Å². The number of carbonyl (C=O) groups is 1. The molecule has 120 valence electrons. The van der Waals surface area contributed by atoms with Gasteiger partial charge in [0.1, 0.15) is 5.37 Å². The van der Waals surface area contributed by atoms with Gasteiger partial charge in [-0.15, -0.1) is 11.8 Å². The summed E-state index contributed by atoms with van der Waals surface area (Å²) in [6.07, 6.45) is 3.10. The van der Waals surface area contributed by atoms with Gasteiger partial charge in [-0.3, -0.25) is 14.8 Å². The van der Waals surface area contributed by atoms with Gasteiger partial charge in [-0.25, -0.2) is 13.2 Å². The molecule has 0 saturated carbocycles. The predicted molar refractivity (Wildman–Crippen MR) is 78.8 cm³/mol. The van der Waals surface area contributed by atoms with E-state index in [4.69, 9.17) is 0 Å². The summed E-state index contributed by atoms with van der Waals surface area (Å²) in [5.41, 5.74) is 1.22. The topological polar surface area (TPSA) is 46.1 Å². The van der Waals surface area contributed by atoms with Crippen LogP contribution in [0.15, 0.2) is 24.5 Å². The van der Waals surface area contributed by atoms with Gasteiger partial charge in [0.25, 0.3) is 0 Å². The molecule has 0 aliphatic carbocycles. The minimum Gasteiger partial charge on any atom is -0.320 e. The van der Waals surface area contributed by atoms with Crippen LogP contribution in [-0.4, -0.2) is 26.5 Å². The zero-order valence-corrected chi connectivity index (χ0v) is 12.9. The van der Waals surface area contributed by atoms with E-state index in [9.17, 15) is 18.0 Å². The summed E-state index contributed by atoms with van der Waals surface area (Å²) in [5.74, 6) is -4.12. The van der Waals surface area contributed by atoms with Gasteiger partial charge >= 0.3 is 0 Å². The molecule has 1 aliphatic heterocycles. The fourth-order valence-electron chi connectivity index (χ4n) is 2.29. The van der Waals surface area contributed by atoms with Gasteiger partial charge in [0.2, 0.25) is 5.91 Å². The van der Waals surface area contributed by atoms with Crippen molar-refractivity contribution in [2.24, 2.45) is 0 Å². The molecule has 0 N–H and O–H groups in total. The van der Waals surface area contributed by atoms with Crippen LogP contribution in [0.5, 0.6) is 0 Å². The van der Waals surface area contributed by atoms with Gasteiger partial charge in [0.05, 0.1) is 29.9 Å². The Labute approximate surface area is 134 Å². The van der Waals surface area contributed by atoms with Gasteiger partial charge in [0, 0.05) is 11.8 Å². The molecule has 23 heavy (non-hydrogen) atoms. The molecule has 1 atom stereocenters. The quantitative estimate of drug-likeness (QED) is 0.807. The highest BCUT2D eigenvalue weighted by atomic mass is 32.2. The maximum absolute atomic E-state index is 14.0. The molecule has 1 fully saturated rings. The lowest BCUT2D eigenvalue weighted by molar-refractivity contribution is -0.128. The first kappa shape index (κ1) is 15.8. The van der Waals surface area contributed by atoms with E-state index in [1.54, 1.807) is 13.1 Å². The highest BCUT2D eigenvalue weighted by Gasteiger charge is 2.35. The van der Waals surface area contributed by atoms with Crippen LogP contribution < -0.4 is 0 Å². The van der Waals surface area contributed by atoms with Crippen LogP contribution in [0.4, 0.5) is 13.2 Å². The Hall–Kier alpha value is -2.09. The largest absolute Gasteiger partial charge is 0.320 e. The first-order valence-corrected chi connectivity index (χ1v) is 7.84. The molecule has 3 rings (SSSR count). The SMILES string of the molecule is Cc1cnc(CN2C(=O)CSC2c2ccc(F)c(F)c2F)cn1. The Kier molecular flexibility index (Phi) is 4.25. The number of halogens is 3. The van der Waals surface area contributed by atoms with Crippen molar-refractivity contribution in [3.8, 4) is 0 Å². The van der Waals surface area contributed by atoms with Crippen molar-refractivity contribution in [2.45, 2.75) is 18.8 Å². The molecule has 1 unspecified atom stereocenters. The molecular weight excluding hydrogens is 327 g/mol. The van der Waals surface area contributed by atoms with E-state index < -0.39 is 22.8 Å². The molecule has 0 bridgehead atoms. The van der Waals surface area contributed by atoms with Crippen molar-refractivity contribution in [2.75, 3.05) is 5.75 Å². The molecule has 0 spiro atoms. The molecule has 1 aromatic heterocycles. The summed E-state index contributed by atoms with van der Waals surface area (Å²) in [4.78, 5) is 21.7. The van der Waals surface area contributed by atoms with E-state index in [-0.39, 0.29) is 23.8 Å². The standard InChI is InChI=1S/C15H12F3N3OS/c1-8-4-20-9(5-19-8)6-21-12(22)7-23-15(21)10-2-3-11(16)14(18)13(10)17/h2-5,15H,6-7H2,1H3. The minimum absolute atomic E-state index is 0.0557. The van der Waals surface area contributed by atoms with Crippen LogP contribution in [0.2, 0.25) is 0 Å². The fraction of sp³-hybridized carbons (Fsp3) is 0.267. The molecule has 1 aromatic carbocycles. The number of hydrogen-bond donors (Lipinski definition) is 0. The van der Waals surface area contributed by atoms with Crippen molar-refractivity contribution >= 4 is 17.7 Å². The number of aryl methyl sites for hydroxylation is 1. The smallest absolute Gasteiger partial charge is 0.234 e. The van der Waals surface area contributed by atoms with Gasteiger partial charge in [-0.2, -0.15) is 0 Å². The van der Waals surface area contributed by atoms with Crippen molar-refractivity contribution in [1.29, 1.82) is 0 Å². The van der Waals surface area contributed by atoms with Crippen LogP contribution in [0.1, 0.15) is 22.3 Å². The van der Waals surface area contributed by atoms with Gasteiger partial charge in [0.15, 0.2) is 17.5 Å². The van der Waals surface area contributed by atoms with Gasteiger partial charge in [-0.05, 0) is 13.0 Å². The number of aromatic nitrogens is 2. The van der Waals surface area contributed by atoms with Gasteiger partial charge < -0.3 is 4.90 Å². The molecule has 4 nitrogen and oxygen atoms in total. The number of nitrogens with zero attached hydrogens (tertiary/aromatic N) is 3. The minimum atomic E-state index is -1.53. The maximum Gasteiger partial charge on any atom is 0.234 e. The third kappa shape index (κ3) is 3.03. The zero-order valence-electron chi connectivity index (χ0n) is 12.1. The number of thioether (sulfide) groups is 1. The summed E-state index contributed by atoms with van der Waals surface area (Å²) < 4.78 is 40.6. The number of rotatable bonds is 3. The summed E-state index contributed by atoms with van der Waals surface area (Å²) in [5, 5.41) is -0.722. The molecule has 1 amide bonds. The summed E-state index contributed by atoms with van der Waals surface area (Å²) >= 11 is 1.16. The molecule has 2 heterocycles. The van der Waals surface area contributed by atoms with Crippen LogP contribution >= 0.6 is 11.8 Å². The number of carbonyl (C=O) groups excluding carboxylic acids is 1. The lowest BCUT2D eigenvalue weighted by atomic mass is 10.1. The summed E-state index contributed by atoms with van der Waals surface area (Å²) in [6, 6.07) is 2.03. The Morgan fingerprint density at radius 2 is 2.00 bits per heavy atom. The van der Waals surface area contributed by atoms with Crippen LogP contribution in [0.25, 0.3) is 0 Å². The van der Waals surface area contributed by atoms with Crippen molar-refractivity contribution < 1.29 is 18.0 Å². The average Bonchev–Trinajstić information content (AvgIpc) is 2.88.